The normalized spacial score (nSPS) is 13.7. The van der Waals surface area contributed by atoms with Crippen LogP contribution in [0.2, 0.25) is 0 Å². The number of carbonyl (C=O) groups is 2. The zero-order valence-corrected chi connectivity index (χ0v) is 22.9. The number of esters is 1. The van der Waals surface area contributed by atoms with Crippen LogP contribution in [0.3, 0.4) is 0 Å². The van der Waals surface area contributed by atoms with Crippen molar-refractivity contribution in [2.45, 2.75) is 17.7 Å². The van der Waals surface area contributed by atoms with Crippen LogP contribution in [0, 0.1) is 6.92 Å². The number of ether oxygens (including phenoxy) is 4. The van der Waals surface area contributed by atoms with Crippen LogP contribution in [0.15, 0.2) is 83.8 Å². The van der Waals surface area contributed by atoms with Gasteiger partial charge in [0, 0.05) is 30.7 Å². The van der Waals surface area contributed by atoms with Crippen LogP contribution in [0.5, 0.6) is 5.75 Å². The molecule has 1 aromatic heterocycles. The van der Waals surface area contributed by atoms with E-state index >= 15 is 0 Å². The van der Waals surface area contributed by atoms with Crippen LogP contribution >= 0.6 is 11.9 Å². The molecule has 39 heavy (non-hydrogen) atoms. The first-order chi connectivity index (χ1) is 18.9. The molecule has 0 saturated heterocycles. The molecular weight excluding hydrogens is 518 g/mol. The summed E-state index contributed by atoms with van der Waals surface area (Å²) in [6.45, 7) is 6.19. The Bertz CT molecular complexity index is 1460. The fourth-order valence-corrected chi connectivity index (χ4v) is 4.87. The highest BCUT2D eigenvalue weighted by molar-refractivity contribution is 7.98. The third kappa shape index (κ3) is 6.30. The predicted octanol–water partition coefficient (Wildman–Crippen LogP) is 4.48. The fraction of sp³-hybridized carbons (Fsp3) is 0.241. The highest BCUT2D eigenvalue weighted by Crippen LogP contribution is 2.33. The number of aromatic nitrogens is 1. The summed E-state index contributed by atoms with van der Waals surface area (Å²) in [5.74, 6) is 0.255. The number of nitrogens with two attached hydrogens (primary N) is 1. The third-order valence-corrected chi connectivity index (χ3v) is 6.96. The quantitative estimate of drug-likeness (QED) is 0.266. The smallest absolute Gasteiger partial charge is 0.338 e. The molecule has 0 bridgehead atoms. The first kappa shape index (κ1) is 27.9. The maximum absolute atomic E-state index is 13.7. The summed E-state index contributed by atoms with van der Waals surface area (Å²) in [7, 11) is 3.45. The van der Waals surface area contributed by atoms with Crippen molar-refractivity contribution < 1.29 is 28.5 Å². The Kier molecular flexibility index (Phi) is 9.00. The third-order valence-electron chi connectivity index (χ3n) is 6.10. The van der Waals surface area contributed by atoms with Gasteiger partial charge in [0.15, 0.2) is 11.5 Å². The molecule has 0 radical (unpaired) electrons. The number of carbonyl (C=O) groups excluding carboxylic acids is 2. The molecule has 1 aliphatic rings. The molecule has 3 aromatic rings. The van der Waals surface area contributed by atoms with E-state index in [1.54, 1.807) is 37.5 Å². The molecule has 9 nitrogen and oxygen atoms in total. The minimum atomic E-state index is -0.699. The summed E-state index contributed by atoms with van der Waals surface area (Å²) in [5, 5.41) is 0.817. The van der Waals surface area contributed by atoms with Gasteiger partial charge in [0.25, 0.3) is 0 Å². The SMILES string of the molecule is C=CC1=C(/C=C/C(C(=O)NSc2ccc(C)cc2OC)c2cn(C)c3cc(C(=O)OCCN)ccc23)OCO1. The van der Waals surface area contributed by atoms with E-state index in [9.17, 15) is 9.59 Å². The van der Waals surface area contributed by atoms with E-state index in [1.165, 1.54) is 11.9 Å². The molecule has 1 amide bonds. The number of rotatable bonds is 11. The lowest BCUT2D eigenvalue weighted by Gasteiger charge is -2.14. The lowest BCUT2D eigenvalue weighted by atomic mass is 9.96. The number of amides is 1. The van der Waals surface area contributed by atoms with Crippen LogP contribution < -0.4 is 15.2 Å². The van der Waals surface area contributed by atoms with Crippen molar-refractivity contribution >= 4 is 34.7 Å². The van der Waals surface area contributed by atoms with Crippen molar-refractivity contribution in [2.75, 3.05) is 27.1 Å². The van der Waals surface area contributed by atoms with E-state index in [2.05, 4.69) is 11.3 Å². The van der Waals surface area contributed by atoms with Gasteiger partial charge in [0.05, 0.1) is 23.5 Å². The Hall–Kier alpha value is -4.15. The van der Waals surface area contributed by atoms with Gasteiger partial charge in [-0.05, 0) is 66.4 Å². The van der Waals surface area contributed by atoms with Gasteiger partial charge in [-0.2, -0.15) is 0 Å². The van der Waals surface area contributed by atoms with E-state index < -0.39 is 11.9 Å². The van der Waals surface area contributed by atoms with Crippen molar-refractivity contribution in [3.05, 3.63) is 95.6 Å². The largest absolute Gasteiger partial charge is 0.496 e. The first-order valence-corrected chi connectivity index (χ1v) is 13.1. The van der Waals surface area contributed by atoms with E-state index in [1.807, 2.05) is 49.0 Å². The summed E-state index contributed by atoms with van der Waals surface area (Å²) in [6.07, 6.45) is 6.90. The van der Waals surface area contributed by atoms with Gasteiger partial charge in [-0.25, -0.2) is 4.79 Å². The molecule has 1 atom stereocenters. The highest BCUT2D eigenvalue weighted by Gasteiger charge is 2.24. The van der Waals surface area contributed by atoms with Crippen molar-refractivity contribution in [3.63, 3.8) is 0 Å². The van der Waals surface area contributed by atoms with Crippen LogP contribution in [-0.4, -0.2) is 43.5 Å². The minimum absolute atomic E-state index is 0.0816. The van der Waals surface area contributed by atoms with Gasteiger partial charge in [0.2, 0.25) is 12.7 Å². The molecule has 1 aliphatic heterocycles. The number of hydrogen-bond donors (Lipinski definition) is 2. The molecule has 4 rings (SSSR count). The van der Waals surface area contributed by atoms with E-state index in [0.717, 1.165) is 26.9 Å². The second-order valence-corrected chi connectivity index (χ2v) is 9.60. The molecule has 3 N–H and O–H groups in total. The van der Waals surface area contributed by atoms with Gasteiger partial charge in [0.1, 0.15) is 12.4 Å². The van der Waals surface area contributed by atoms with Crippen molar-refractivity contribution in [3.8, 4) is 5.75 Å². The molecule has 2 aromatic carbocycles. The van der Waals surface area contributed by atoms with Crippen LogP contribution in [0.1, 0.15) is 27.4 Å². The molecule has 0 fully saturated rings. The second kappa shape index (κ2) is 12.6. The van der Waals surface area contributed by atoms with Crippen LogP contribution in [-0.2, 0) is 26.1 Å². The van der Waals surface area contributed by atoms with Gasteiger partial charge >= 0.3 is 5.97 Å². The summed E-state index contributed by atoms with van der Waals surface area (Å²) in [4.78, 5) is 26.8. The van der Waals surface area contributed by atoms with Crippen LogP contribution in [0.25, 0.3) is 10.9 Å². The number of nitrogens with one attached hydrogen (secondary N) is 1. The number of allylic oxidation sites excluding steroid dienone is 2. The Labute approximate surface area is 231 Å². The lowest BCUT2D eigenvalue weighted by molar-refractivity contribution is -0.119. The number of benzene rings is 2. The molecule has 0 spiro atoms. The van der Waals surface area contributed by atoms with Gasteiger partial charge in [-0.3, -0.25) is 9.52 Å². The summed E-state index contributed by atoms with van der Waals surface area (Å²) in [6, 6.07) is 11.0. The van der Waals surface area contributed by atoms with E-state index in [-0.39, 0.29) is 25.9 Å². The number of methoxy groups -OCH3 is 1. The van der Waals surface area contributed by atoms with Gasteiger partial charge in [-0.15, -0.1) is 0 Å². The number of aryl methyl sites for hydroxylation is 2. The summed E-state index contributed by atoms with van der Waals surface area (Å²) < 4.78 is 26.4. The maximum atomic E-state index is 13.7. The monoisotopic (exact) mass is 549 g/mol. The summed E-state index contributed by atoms with van der Waals surface area (Å²) >= 11 is 1.18. The Balaban J connectivity index is 1.69. The average molecular weight is 550 g/mol. The van der Waals surface area contributed by atoms with Crippen molar-refractivity contribution in [1.29, 1.82) is 0 Å². The average Bonchev–Trinajstić information content (AvgIpc) is 3.54. The number of nitrogens with zero attached hydrogens (tertiary/aromatic N) is 1. The summed E-state index contributed by atoms with van der Waals surface area (Å²) in [5.41, 5.74) is 8.43. The van der Waals surface area contributed by atoms with E-state index in [4.69, 9.17) is 24.7 Å². The zero-order valence-electron chi connectivity index (χ0n) is 22.1. The highest BCUT2D eigenvalue weighted by atomic mass is 32.2. The van der Waals surface area contributed by atoms with Crippen molar-refractivity contribution in [2.24, 2.45) is 12.8 Å². The Morgan fingerprint density at radius 1 is 1.23 bits per heavy atom. The molecule has 0 aliphatic carbocycles. The Morgan fingerprint density at radius 2 is 2.03 bits per heavy atom. The Morgan fingerprint density at radius 3 is 2.77 bits per heavy atom. The molecule has 2 heterocycles. The number of hydrogen-bond acceptors (Lipinski definition) is 8. The fourth-order valence-electron chi connectivity index (χ4n) is 4.16. The zero-order chi connectivity index (χ0) is 27.9. The molecule has 0 saturated carbocycles. The first-order valence-electron chi connectivity index (χ1n) is 12.2. The van der Waals surface area contributed by atoms with E-state index in [0.29, 0.717) is 22.8 Å². The lowest BCUT2D eigenvalue weighted by Crippen LogP contribution is -2.23. The predicted molar refractivity (Wildman–Crippen MR) is 150 cm³/mol. The van der Waals surface area contributed by atoms with Gasteiger partial charge < -0.3 is 29.2 Å². The minimum Gasteiger partial charge on any atom is -0.496 e. The van der Waals surface area contributed by atoms with Crippen LogP contribution in [0.4, 0.5) is 0 Å². The van der Waals surface area contributed by atoms with Gasteiger partial charge in [-0.1, -0.05) is 24.8 Å². The topological polar surface area (TPSA) is 114 Å². The molecule has 10 heteroatoms. The van der Waals surface area contributed by atoms with Crippen molar-refractivity contribution in [1.82, 2.24) is 9.29 Å². The molecular formula is C29H31N3O6S. The maximum Gasteiger partial charge on any atom is 0.338 e. The molecule has 1 unspecified atom stereocenters. The standard InChI is InChI=1S/C29H31N3O6S/c1-5-24-25(38-17-37-24)10-9-21(28(33)31-39-27-11-6-18(2)14-26(27)35-4)22-16-32(3)23-15-19(7-8-20(22)23)29(34)36-13-12-30/h5-11,14-16,21H,1,12-13,17,30H2,2-4H3,(H,31,33)/b10-9+. The molecule has 204 valence electrons. The second-order valence-electron chi connectivity index (χ2n) is 8.75. The number of fused-ring (bicyclic) bond motifs is 1.